The molecule has 0 spiro atoms. The molecular formula is C10H14N2O3S. The summed E-state index contributed by atoms with van der Waals surface area (Å²) in [4.78, 5) is 9.80. The molecule has 0 radical (unpaired) electrons. The summed E-state index contributed by atoms with van der Waals surface area (Å²) in [6, 6.07) is 2.98. The minimum absolute atomic E-state index is 0.210. The molecule has 0 aliphatic heterocycles. The highest BCUT2D eigenvalue weighted by Crippen LogP contribution is 2.15. The van der Waals surface area contributed by atoms with E-state index in [2.05, 4.69) is 11.9 Å². The Balaban J connectivity index is 2.16. The molecule has 1 N–H and O–H groups in total. The van der Waals surface area contributed by atoms with E-state index in [1.54, 1.807) is 17.8 Å². The van der Waals surface area contributed by atoms with Gasteiger partial charge in [0, 0.05) is 18.1 Å². The van der Waals surface area contributed by atoms with Crippen molar-refractivity contribution in [3.63, 3.8) is 0 Å². The first-order valence-corrected chi connectivity index (χ1v) is 6.02. The second-order valence-corrected chi connectivity index (χ2v) is 4.19. The first kappa shape index (κ1) is 12.8. The molecule has 0 saturated carbocycles. The van der Waals surface area contributed by atoms with Gasteiger partial charge in [-0.1, -0.05) is 6.08 Å². The lowest BCUT2D eigenvalue weighted by Gasteiger charge is -2.00. The van der Waals surface area contributed by atoms with E-state index in [9.17, 15) is 10.1 Å². The summed E-state index contributed by atoms with van der Waals surface area (Å²) in [5.41, 5.74) is 0. The number of nitro groups is 1. The summed E-state index contributed by atoms with van der Waals surface area (Å²) in [5.74, 6) is 2.29. The van der Waals surface area contributed by atoms with Crippen LogP contribution >= 0.6 is 11.8 Å². The van der Waals surface area contributed by atoms with Gasteiger partial charge in [0.1, 0.15) is 10.7 Å². The maximum absolute atomic E-state index is 10.3. The zero-order valence-corrected chi connectivity index (χ0v) is 9.66. The number of nitrogens with zero attached hydrogens (tertiary/aromatic N) is 1. The third-order valence-corrected chi connectivity index (χ3v) is 2.75. The van der Waals surface area contributed by atoms with Gasteiger partial charge in [-0.15, -0.1) is 6.58 Å². The van der Waals surface area contributed by atoms with E-state index in [4.69, 9.17) is 4.42 Å². The standard InChI is InChI=1S/C10H14N2O3S/c1-2-6-16-7-5-11-8-9-3-4-10(15-9)12(13)14/h2-4,11H,1,5-8H2. The molecule has 1 rings (SSSR count). The number of rotatable bonds is 8. The molecule has 0 amide bonds. The van der Waals surface area contributed by atoms with Crippen LogP contribution in [0.3, 0.4) is 0 Å². The lowest BCUT2D eigenvalue weighted by atomic mass is 10.4. The van der Waals surface area contributed by atoms with Gasteiger partial charge >= 0.3 is 5.88 Å². The highest BCUT2D eigenvalue weighted by Gasteiger charge is 2.10. The summed E-state index contributed by atoms with van der Waals surface area (Å²) < 4.78 is 4.99. The van der Waals surface area contributed by atoms with E-state index in [1.807, 2.05) is 6.08 Å². The molecule has 0 atom stereocenters. The van der Waals surface area contributed by atoms with Crippen LogP contribution in [-0.2, 0) is 6.54 Å². The fourth-order valence-corrected chi connectivity index (χ4v) is 1.70. The van der Waals surface area contributed by atoms with Gasteiger partial charge in [-0.2, -0.15) is 11.8 Å². The van der Waals surface area contributed by atoms with Crippen molar-refractivity contribution in [2.75, 3.05) is 18.1 Å². The smallest absolute Gasteiger partial charge is 0.404 e. The fourth-order valence-electron chi connectivity index (χ4n) is 1.08. The topological polar surface area (TPSA) is 68.3 Å². The number of hydrogen-bond acceptors (Lipinski definition) is 5. The van der Waals surface area contributed by atoms with Crippen LogP contribution in [-0.4, -0.2) is 23.0 Å². The Morgan fingerprint density at radius 3 is 3.06 bits per heavy atom. The minimum Gasteiger partial charge on any atom is -0.404 e. The van der Waals surface area contributed by atoms with Crippen LogP contribution in [0.2, 0.25) is 0 Å². The molecule has 0 aliphatic rings. The second-order valence-electron chi connectivity index (χ2n) is 3.04. The van der Waals surface area contributed by atoms with Gasteiger partial charge in [0.15, 0.2) is 0 Å². The lowest BCUT2D eigenvalue weighted by Crippen LogP contribution is -2.16. The van der Waals surface area contributed by atoms with Crippen LogP contribution in [0.25, 0.3) is 0 Å². The highest BCUT2D eigenvalue weighted by molar-refractivity contribution is 7.99. The SMILES string of the molecule is C=CCSCCNCc1ccc([N+](=O)[O-])o1. The van der Waals surface area contributed by atoms with Crippen molar-refractivity contribution in [3.8, 4) is 0 Å². The van der Waals surface area contributed by atoms with Crippen molar-refractivity contribution in [1.82, 2.24) is 5.32 Å². The molecular weight excluding hydrogens is 228 g/mol. The molecule has 1 aromatic heterocycles. The van der Waals surface area contributed by atoms with Gasteiger partial charge < -0.3 is 9.73 Å². The molecule has 88 valence electrons. The molecule has 0 aromatic carbocycles. The maximum atomic E-state index is 10.3. The first-order chi connectivity index (χ1) is 7.74. The van der Waals surface area contributed by atoms with E-state index in [0.717, 1.165) is 18.1 Å². The predicted molar refractivity (Wildman–Crippen MR) is 64.6 cm³/mol. The Morgan fingerprint density at radius 1 is 1.62 bits per heavy atom. The molecule has 0 bridgehead atoms. The Bertz CT molecular complexity index is 352. The summed E-state index contributed by atoms with van der Waals surface area (Å²) in [7, 11) is 0. The Kier molecular flexibility index (Phi) is 5.66. The largest absolute Gasteiger partial charge is 0.433 e. The van der Waals surface area contributed by atoms with E-state index in [-0.39, 0.29) is 5.88 Å². The van der Waals surface area contributed by atoms with E-state index in [1.165, 1.54) is 6.07 Å². The van der Waals surface area contributed by atoms with Crippen LogP contribution in [0, 0.1) is 10.1 Å². The first-order valence-electron chi connectivity index (χ1n) is 4.86. The number of thioether (sulfide) groups is 1. The van der Waals surface area contributed by atoms with Gasteiger partial charge in [-0.3, -0.25) is 10.1 Å². The Hall–Kier alpha value is -1.27. The third kappa shape index (κ3) is 4.50. The van der Waals surface area contributed by atoms with Crippen LogP contribution < -0.4 is 5.32 Å². The second kappa shape index (κ2) is 7.08. The molecule has 6 heteroatoms. The van der Waals surface area contributed by atoms with Gasteiger partial charge in [0.2, 0.25) is 0 Å². The van der Waals surface area contributed by atoms with E-state index in [0.29, 0.717) is 12.3 Å². The number of nitrogens with one attached hydrogen (secondary N) is 1. The van der Waals surface area contributed by atoms with Crippen LogP contribution in [0.5, 0.6) is 0 Å². The van der Waals surface area contributed by atoms with Crippen LogP contribution in [0.1, 0.15) is 5.76 Å². The Morgan fingerprint density at radius 2 is 2.44 bits per heavy atom. The number of hydrogen-bond donors (Lipinski definition) is 1. The molecule has 1 aromatic rings. The van der Waals surface area contributed by atoms with Crippen molar-refractivity contribution in [2.24, 2.45) is 0 Å². The van der Waals surface area contributed by atoms with Gasteiger partial charge in [0.05, 0.1) is 12.6 Å². The van der Waals surface area contributed by atoms with Crippen molar-refractivity contribution in [1.29, 1.82) is 0 Å². The lowest BCUT2D eigenvalue weighted by molar-refractivity contribution is -0.402. The average Bonchev–Trinajstić information content (AvgIpc) is 2.72. The highest BCUT2D eigenvalue weighted by atomic mass is 32.2. The summed E-state index contributed by atoms with van der Waals surface area (Å²) in [5, 5.41) is 13.5. The van der Waals surface area contributed by atoms with Gasteiger partial charge in [-0.05, 0) is 6.07 Å². The summed E-state index contributed by atoms with van der Waals surface area (Å²) in [6.45, 7) is 4.98. The van der Waals surface area contributed by atoms with Gasteiger partial charge in [-0.25, -0.2) is 0 Å². The predicted octanol–water partition coefficient (Wildman–Crippen LogP) is 2.20. The van der Waals surface area contributed by atoms with Crippen LogP contribution in [0.4, 0.5) is 5.88 Å². The van der Waals surface area contributed by atoms with E-state index < -0.39 is 4.92 Å². The minimum atomic E-state index is -0.538. The zero-order valence-electron chi connectivity index (χ0n) is 8.85. The van der Waals surface area contributed by atoms with Crippen molar-refractivity contribution in [3.05, 3.63) is 40.7 Å². The maximum Gasteiger partial charge on any atom is 0.433 e. The summed E-state index contributed by atoms with van der Waals surface area (Å²) in [6.07, 6.45) is 1.86. The molecule has 0 fully saturated rings. The Labute approximate surface area is 98.1 Å². The monoisotopic (exact) mass is 242 g/mol. The van der Waals surface area contributed by atoms with Crippen molar-refractivity contribution < 1.29 is 9.34 Å². The van der Waals surface area contributed by atoms with Crippen molar-refractivity contribution >= 4 is 17.6 Å². The normalized spacial score (nSPS) is 10.2. The molecule has 1 heterocycles. The molecule has 0 saturated heterocycles. The summed E-state index contributed by atoms with van der Waals surface area (Å²) >= 11 is 1.78. The number of furan rings is 1. The molecule has 5 nitrogen and oxygen atoms in total. The average molecular weight is 242 g/mol. The van der Waals surface area contributed by atoms with Crippen molar-refractivity contribution in [2.45, 2.75) is 6.54 Å². The molecule has 0 aliphatic carbocycles. The zero-order chi connectivity index (χ0) is 11.8. The molecule has 0 unspecified atom stereocenters. The van der Waals surface area contributed by atoms with Gasteiger partial charge in [0.25, 0.3) is 0 Å². The van der Waals surface area contributed by atoms with E-state index >= 15 is 0 Å². The fraction of sp³-hybridized carbons (Fsp3) is 0.400. The molecule has 16 heavy (non-hydrogen) atoms. The quantitative estimate of drug-likeness (QED) is 0.327. The third-order valence-electron chi connectivity index (χ3n) is 1.79. The van der Waals surface area contributed by atoms with Crippen LogP contribution in [0.15, 0.2) is 29.2 Å².